The number of ether oxygens (including phenoxy) is 2. The average Bonchev–Trinajstić information content (AvgIpc) is 3.09. The predicted molar refractivity (Wildman–Crippen MR) is 121 cm³/mol. The monoisotopic (exact) mass is 554 g/mol. The topological polar surface area (TPSA) is 133 Å². The van der Waals surface area contributed by atoms with Gasteiger partial charge in [0.2, 0.25) is 0 Å². The van der Waals surface area contributed by atoms with Crippen LogP contribution in [0.3, 0.4) is 0 Å². The zero-order valence-electron chi connectivity index (χ0n) is 19.5. The van der Waals surface area contributed by atoms with Crippen LogP contribution in [0, 0.1) is 24.2 Å². The maximum Gasteiger partial charge on any atom is 1.00 e. The van der Waals surface area contributed by atoms with E-state index in [-0.39, 0.29) is 72.0 Å². The van der Waals surface area contributed by atoms with Crippen molar-refractivity contribution in [2.45, 2.75) is 25.7 Å². The van der Waals surface area contributed by atoms with Crippen molar-refractivity contribution in [1.82, 2.24) is 0 Å². The number of terminal acetylenes is 1. The largest absolute Gasteiger partial charge is 1.00 e. The Morgan fingerprint density at radius 2 is 1.46 bits per heavy atom. The fourth-order valence-electron chi connectivity index (χ4n) is 3.26. The van der Waals surface area contributed by atoms with Crippen LogP contribution in [0.4, 0.5) is 0 Å². The van der Waals surface area contributed by atoms with Crippen molar-refractivity contribution in [2.24, 2.45) is 0 Å². The first-order chi connectivity index (χ1) is 15.6. The van der Waals surface area contributed by atoms with Crippen molar-refractivity contribution in [1.29, 1.82) is 0 Å². The van der Waals surface area contributed by atoms with E-state index in [4.69, 9.17) is 15.9 Å². The van der Waals surface area contributed by atoms with E-state index in [2.05, 4.69) is 17.8 Å². The fraction of sp³-hybridized carbons (Fsp3) is 0.364. The van der Waals surface area contributed by atoms with Crippen LogP contribution in [-0.2, 0) is 33.1 Å². The van der Waals surface area contributed by atoms with E-state index < -0.39 is 31.7 Å². The van der Waals surface area contributed by atoms with E-state index in [1.165, 1.54) is 11.3 Å². The molecule has 0 aliphatic carbocycles. The Labute approximate surface area is 254 Å². The molecule has 0 saturated heterocycles. The van der Waals surface area contributed by atoms with Gasteiger partial charge in [-0.05, 0) is 48.8 Å². The van der Waals surface area contributed by atoms with Gasteiger partial charge in [0, 0.05) is 17.1 Å². The van der Waals surface area contributed by atoms with E-state index in [0.717, 1.165) is 11.1 Å². The molecular weight excluding hydrogens is 534 g/mol. The SMILES string of the molecule is C#Cc1sc(C#Cc2cc(CCCS(=O)(=O)[O-])ccc2CCCS(=O)(=O)[O-])c2c1OCCO2.[Na+].[Na+]. The minimum absolute atomic E-state index is 0. The van der Waals surface area contributed by atoms with Crippen LogP contribution in [-0.4, -0.2) is 50.7 Å². The normalized spacial score (nSPS) is 12.4. The van der Waals surface area contributed by atoms with Crippen LogP contribution in [0.5, 0.6) is 11.5 Å². The summed E-state index contributed by atoms with van der Waals surface area (Å²) in [6.45, 7) is 0.759. The number of thiophene rings is 1. The zero-order chi connectivity index (χ0) is 24.1. The fourth-order valence-corrected chi connectivity index (χ4v) is 5.11. The third kappa shape index (κ3) is 10.4. The van der Waals surface area contributed by atoms with Crippen molar-refractivity contribution in [2.75, 3.05) is 24.7 Å². The summed E-state index contributed by atoms with van der Waals surface area (Å²) in [5.41, 5.74) is 2.12. The summed E-state index contributed by atoms with van der Waals surface area (Å²) in [5.74, 6) is 8.68. The smallest absolute Gasteiger partial charge is 0.748 e. The van der Waals surface area contributed by atoms with E-state index in [9.17, 15) is 25.9 Å². The van der Waals surface area contributed by atoms with Crippen molar-refractivity contribution < 1.29 is 94.5 Å². The van der Waals surface area contributed by atoms with Gasteiger partial charge in [-0.15, -0.1) is 17.8 Å². The third-order valence-corrected chi connectivity index (χ3v) is 7.29. The van der Waals surface area contributed by atoms with Gasteiger partial charge >= 0.3 is 59.1 Å². The number of hydrogen-bond donors (Lipinski definition) is 0. The molecule has 2 aromatic rings. The molecule has 176 valence electrons. The Hall–Kier alpha value is -0.540. The number of benzene rings is 1. The van der Waals surface area contributed by atoms with Gasteiger partial charge in [0.25, 0.3) is 0 Å². The van der Waals surface area contributed by atoms with Crippen LogP contribution in [0.15, 0.2) is 18.2 Å². The number of rotatable bonds is 8. The Bertz CT molecular complexity index is 1350. The summed E-state index contributed by atoms with van der Waals surface area (Å²) in [7, 11) is -8.63. The van der Waals surface area contributed by atoms with Crippen LogP contribution in [0.1, 0.15) is 39.3 Å². The van der Waals surface area contributed by atoms with Crippen LogP contribution in [0.2, 0.25) is 0 Å². The van der Waals surface area contributed by atoms with Crippen LogP contribution < -0.4 is 68.6 Å². The second kappa shape index (κ2) is 14.4. The summed E-state index contributed by atoms with van der Waals surface area (Å²) in [6, 6.07) is 5.30. The summed E-state index contributed by atoms with van der Waals surface area (Å²) in [6.07, 6.45) is 6.53. The summed E-state index contributed by atoms with van der Waals surface area (Å²) in [4.78, 5) is 1.16. The molecule has 0 spiro atoms. The van der Waals surface area contributed by atoms with Crippen molar-refractivity contribution in [3.05, 3.63) is 44.6 Å². The molecule has 1 aromatic heterocycles. The van der Waals surface area contributed by atoms with Crippen LogP contribution >= 0.6 is 11.3 Å². The van der Waals surface area contributed by atoms with Crippen LogP contribution in [0.25, 0.3) is 0 Å². The van der Waals surface area contributed by atoms with Gasteiger partial charge in [0.15, 0.2) is 11.5 Å². The summed E-state index contributed by atoms with van der Waals surface area (Å²) < 4.78 is 76.6. The Balaban J connectivity index is 0.00000306. The third-order valence-electron chi connectivity index (χ3n) is 4.72. The van der Waals surface area contributed by atoms with E-state index in [1.807, 2.05) is 0 Å². The van der Waals surface area contributed by atoms with Gasteiger partial charge < -0.3 is 18.6 Å². The van der Waals surface area contributed by atoms with Crippen molar-refractivity contribution in [3.8, 4) is 35.7 Å². The molecule has 13 heteroatoms. The number of aryl methyl sites for hydroxylation is 2. The van der Waals surface area contributed by atoms with E-state index in [1.54, 1.807) is 18.2 Å². The van der Waals surface area contributed by atoms with Gasteiger partial charge in [-0.3, -0.25) is 0 Å². The van der Waals surface area contributed by atoms with Gasteiger partial charge in [0.1, 0.15) is 23.0 Å². The molecule has 1 aliphatic rings. The first kappa shape index (κ1) is 32.5. The molecule has 0 bridgehead atoms. The predicted octanol–water partition coefficient (Wildman–Crippen LogP) is -4.14. The number of hydrogen-bond acceptors (Lipinski definition) is 9. The molecule has 0 amide bonds. The van der Waals surface area contributed by atoms with Crippen molar-refractivity contribution >= 4 is 31.6 Å². The molecule has 0 unspecified atom stereocenters. The molecule has 2 heterocycles. The molecule has 3 rings (SSSR count). The molecule has 1 aliphatic heterocycles. The second-order valence-electron chi connectivity index (χ2n) is 7.23. The molecule has 0 fully saturated rings. The molecule has 0 N–H and O–H groups in total. The summed E-state index contributed by atoms with van der Waals surface area (Å²) >= 11 is 1.26. The molecule has 0 atom stereocenters. The van der Waals surface area contributed by atoms with E-state index >= 15 is 0 Å². The standard InChI is InChI=1S/C22H22O8S3.2Na/c1-2-19-21-22(30-12-11-29-21)20(31-19)10-9-18-15-16(5-3-13-32(23,24)25)7-8-17(18)6-4-14-33(26,27)28;;/h1,7-8,15H,3-6,11-14H2,(H,23,24,25)(H,26,27,28);;/q;2*+1/p-2. The minimum Gasteiger partial charge on any atom is -0.748 e. The minimum atomic E-state index is -4.33. The first-order valence-corrected chi connectivity index (χ1v) is 13.9. The quantitative estimate of drug-likeness (QED) is 0.183. The first-order valence-electron chi connectivity index (χ1n) is 9.96. The Kier molecular flexibility index (Phi) is 13.4. The Morgan fingerprint density at radius 1 is 0.886 bits per heavy atom. The van der Waals surface area contributed by atoms with Gasteiger partial charge in [0.05, 0.1) is 20.2 Å². The van der Waals surface area contributed by atoms with Gasteiger partial charge in [-0.1, -0.05) is 24.0 Å². The van der Waals surface area contributed by atoms with Gasteiger partial charge in [-0.25, -0.2) is 16.8 Å². The maximum atomic E-state index is 10.9. The molecule has 1 aromatic carbocycles. The second-order valence-corrected chi connectivity index (χ2v) is 11.3. The molecule has 0 saturated carbocycles. The maximum absolute atomic E-state index is 10.9. The zero-order valence-corrected chi connectivity index (χ0v) is 25.9. The summed E-state index contributed by atoms with van der Waals surface area (Å²) in [5, 5.41) is 0. The average molecular weight is 555 g/mol. The molecule has 8 nitrogen and oxygen atoms in total. The molecule has 35 heavy (non-hydrogen) atoms. The Morgan fingerprint density at radius 3 is 2.03 bits per heavy atom. The van der Waals surface area contributed by atoms with E-state index in [0.29, 0.717) is 52.9 Å². The molecular formula is C22H20Na2O8S3. The van der Waals surface area contributed by atoms with Gasteiger partial charge in [-0.2, -0.15) is 0 Å². The van der Waals surface area contributed by atoms with Crippen molar-refractivity contribution in [3.63, 3.8) is 0 Å². The molecule has 0 radical (unpaired) electrons. The number of fused-ring (bicyclic) bond motifs is 1.